The summed E-state index contributed by atoms with van der Waals surface area (Å²) < 4.78 is 0. The number of carboxylic acid groups (broad SMARTS) is 1. The molecule has 18 heavy (non-hydrogen) atoms. The first-order valence-corrected chi connectivity index (χ1v) is 6.93. The van der Waals surface area contributed by atoms with Gasteiger partial charge in [0, 0.05) is 12.0 Å². The average molecular weight is 253 g/mol. The highest BCUT2D eigenvalue weighted by Gasteiger charge is 2.39. The second kappa shape index (κ2) is 4.90. The number of nitrogens with one attached hydrogen (secondary N) is 1. The lowest BCUT2D eigenvalue weighted by molar-refractivity contribution is -0.141. The summed E-state index contributed by atoms with van der Waals surface area (Å²) in [5, 5.41) is 12.1. The Morgan fingerprint density at radius 1 is 1.17 bits per heavy atom. The number of amides is 1. The zero-order valence-corrected chi connectivity index (χ0v) is 11.2. The maximum absolute atomic E-state index is 12.2. The third-order valence-corrected chi connectivity index (χ3v) is 4.73. The molecule has 102 valence electrons. The van der Waals surface area contributed by atoms with Gasteiger partial charge in [0.25, 0.3) is 0 Å². The summed E-state index contributed by atoms with van der Waals surface area (Å²) in [4.78, 5) is 23.0. The molecule has 2 fully saturated rings. The van der Waals surface area contributed by atoms with Crippen LogP contribution in [0.15, 0.2) is 0 Å². The van der Waals surface area contributed by atoms with Crippen LogP contribution in [0.5, 0.6) is 0 Å². The van der Waals surface area contributed by atoms with Gasteiger partial charge < -0.3 is 10.4 Å². The first-order valence-electron chi connectivity index (χ1n) is 6.93. The van der Waals surface area contributed by atoms with Gasteiger partial charge in [0.1, 0.15) is 0 Å². The van der Waals surface area contributed by atoms with Gasteiger partial charge in [-0.1, -0.05) is 20.3 Å². The molecule has 0 aliphatic heterocycles. The highest BCUT2D eigenvalue weighted by Crippen LogP contribution is 2.38. The van der Waals surface area contributed by atoms with E-state index in [9.17, 15) is 9.59 Å². The van der Waals surface area contributed by atoms with Crippen molar-refractivity contribution in [3.05, 3.63) is 0 Å². The first kappa shape index (κ1) is 13.4. The Balaban J connectivity index is 1.88. The Bertz CT molecular complexity index is 351. The third kappa shape index (κ3) is 2.68. The molecular formula is C14H23NO3. The highest BCUT2D eigenvalue weighted by atomic mass is 16.4. The maximum atomic E-state index is 12.2. The summed E-state index contributed by atoms with van der Waals surface area (Å²) in [5.41, 5.74) is 0.181. The van der Waals surface area contributed by atoms with Crippen molar-refractivity contribution in [3.8, 4) is 0 Å². The summed E-state index contributed by atoms with van der Waals surface area (Å²) in [6.45, 7) is 4.39. The number of rotatable bonds is 3. The van der Waals surface area contributed by atoms with Crippen LogP contribution >= 0.6 is 0 Å². The lowest BCUT2D eigenvalue weighted by atomic mass is 9.87. The van der Waals surface area contributed by atoms with E-state index in [0.717, 1.165) is 19.3 Å². The normalized spacial score (nSPS) is 34.4. The molecular weight excluding hydrogens is 230 g/mol. The van der Waals surface area contributed by atoms with Crippen LogP contribution in [0.25, 0.3) is 0 Å². The quantitative estimate of drug-likeness (QED) is 0.810. The molecule has 4 heteroatoms. The molecule has 1 unspecified atom stereocenters. The van der Waals surface area contributed by atoms with Crippen molar-refractivity contribution in [1.82, 2.24) is 5.32 Å². The maximum Gasteiger partial charge on any atom is 0.306 e. The summed E-state index contributed by atoms with van der Waals surface area (Å²) in [6, 6.07) is 0.258. The lowest BCUT2D eigenvalue weighted by Gasteiger charge is -2.28. The fraction of sp³-hybridized carbons (Fsp3) is 0.857. The minimum absolute atomic E-state index is 0.0683. The van der Waals surface area contributed by atoms with E-state index in [1.807, 2.05) is 0 Å². The Kier molecular flexibility index (Phi) is 3.64. The summed E-state index contributed by atoms with van der Waals surface area (Å²) in [5.74, 6) is -1.11. The molecule has 4 nitrogen and oxygen atoms in total. The van der Waals surface area contributed by atoms with Crippen molar-refractivity contribution in [2.75, 3.05) is 0 Å². The van der Waals surface area contributed by atoms with Crippen LogP contribution in [-0.4, -0.2) is 23.0 Å². The molecule has 2 aliphatic carbocycles. The van der Waals surface area contributed by atoms with Gasteiger partial charge in [0.15, 0.2) is 0 Å². The number of carboxylic acids is 1. The van der Waals surface area contributed by atoms with Crippen molar-refractivity contribution in [2.24, 2.45) is 17.3 Å². The number of carbonyl (C=O) groups excluding carboxylic acids is 1. The topological polar surface area (TPSA) is 66.4 Å². The van der Waals surface area contributed by atoms with E-state index in [2.05, 4.69) is 19.2 Å². The van der Waals surface area contributed by atoms with Gasteiger partial charge >= 0.3 is 5.97 Å². The average Bonchev–Trinajstić information content (AvgIpc) is 2.86. The van der Waals surface area contributed by atoms with E-state index >= 15 is 0 Å². The molecule has 2 saturated carbocycles. The van der Waals surface area contributed by atoms with E-state index in [4.69, 9.17) is 5.11 Å². The van der Waals surface area contributed by atoms with Crippen molar-refractivity contribution < 1.29 is 14.7 Å². The van der Waals surface area contributed by atoms with Gasteiger partial charge in [-0.05, 0) is 37.5 Å². The van der Waals surface area contributed by atoms with Crippen LogP contribution < -0.4 is 5.32 Å². The Morgan fingerprint density at radius 3 is 2.33 bits per heavy atom. The minimum atomic E-state index is -0.758. The Hall–Kier alpha value is -1.06. The van der Waals surface area contributed by atoms with E-state index < -0.39 is 5.97 Å². The third-order valence-electron chi connectivity index (χ3n) is 4.73. The largest absolute Gasteiger partial charge is 0.481 e. The van der Waals surface area contributed by atoms with Gasteiger partial charge in [0.05, 0.1) is 5.92 Å². The zero-order chi connectivity index (χ0) is 13.3. The van der Waals surface area contributed by atoms with Crippen LogP contribution in [0, 0.1) is 17.3 Å². The Labute approximate surface area is 108 Å². The molecule has 2 aliphatic rings. The second-order valence-corrected chi connectivity index (χ2v) is 6.49. The van der Waals surface area contributed by atoms with Crippen molar-refractivity contribution in [3.63, 3.8) is 0 Å². The molecule has 0 spiro atoms. The number of carbonyl (C=O) groups is 2. The van der Waals surface area contributed by atoms with Crippen LogP contribution in [0.1, 0.15) is 52.4 Å². The molecule has 0 bridgehead atoms. The monoisotopic (exact) mass is 253 g/mol. The molecule has 2 rings (SSSR count). The Morgan fingerprint density at radius 2 is 1.83 bits per heavy atom. The van der Waals surface area contributed by atoms with E-state index in [-0.39, 0.29) is 29.2 Å². The lowest BCUT2D eigenvalue weighted by Crippen LogP contribution is -2.43. The minimum Gasteiger partial charge on any atom is -0.481 e. The summed E-state index contributed by atoms with van der Waals surface area (Å²) in [7, 11) is 0. The molecule has 0 aromatic rings. The number of hydrogen-bond donors (Lipinski definition) is 2. The van der Waals surface area contributed by atoms with Crippen molar-refractivity contribution in [1.29, 1.82) is 0 Å². The molecule has 1 amide bonds. The fourth-order valence-electron chi connectivity index (χ4n) is 3.33. The van der Waals surface area contributed by atoms with E-state index in [1.54, 1.807) is 0 Å². The van der Waals surface area contributed by atoms with Crippen LogP contribution in [0.4, 0.5) is 0 Å². The molecule has 0 saturated heterocycles. The predicted molar refractivity (Wildman–Crippen MR) is 68.0 cm³/mol. The van der Waals surface area contributed by atoms with Gasteiger partial charge in [-0.3, -0.25) is 9.59 Å². The summed E-state index contributed by atoms with van der Waals surface area (Å²) >= 11 is 0. The van der Waals surface area contributed by atoms with Crippen LogP contribution in [0.2, 0.25) is 0 Å². The number of aliphatic carboxylic acids is 1. The van der Waals surface area contributed by atoms with Gasteiger partial charge in [-0.15, -0.1) is 0 Å². The van der Waals surface area contributed by atoms with Crippen molar-refractivity contribution >= 4 is 11.9 Å². The first-order chi connectivity index (χ1) is 8.40. The molecule has 3 atom stereocenters. The van der Waals surface area contributed by atoms with Gasteiger partial charge in [0.2, 0.25) is 5.91 Å². The summed E-state index contributed by atoms with van der Waals surface area (Å²) in [6.07, 6.45) is 5.24. The van der Waals surface area contributed by atoms with E-state index in [0.29, 0.717) is 12.8 Å². The van der Waals surface area contributed by atoms with Crippen LogP contribution in [0.3, 0.4) is 0 Å². The number of hydrogen-bond acceptors (Lipinski definition) is 2. The molecule has 0 radical (unpaired) electrons. The van der Waals surface area contributed by atoms with Gasteiger partial charge in [-0.25, -0.2) is 0 Å². The molecule has 2 N–H and O–H groups in total. The van der Waals surface area contributed by atoms with Gasteiger partial charge in [-0.2, -0.15) is 0 Å². The van der Waals surface area contributed by atoms with Crippen LogP contribution in [-0.2, 0) is 9.59 Å². The highest BCUT2D eigenvalue weighted by molar-refractivity contribution is 5.81. The van der Waals surface area contributed by atoms with Crippen molar-refractivity contribution in [2.45, 2.75) is 58.4 Å². The second-order valence-electron chi connectivity index (χ2n) is 6.49. The van der Waals surface area contributed by atoms with E-state index in [1.165, 1.54) is 6.42 Å². The molecule has 0 aromatic carbocycles. The zero-order valence-electron chi connectivity index (χ0n) is 11.2. The standard InChI is InChI=1S/C14H23NO3/c1-14(2)7-3-4-11(14)15-12(16)9-5-6-10(8-9)13(17)18/h9-11H,3-8H2,1-2H3,(H,15,16)(H,17,18)/t9-,10+,11?/m1/s1. The molecule has 0 heterocycles. The smallest absolute Gasteiger partial charge is 0.306 e. The predicted octanol–water partition coefficient (Wildman–Crippen LogP) is 2.18. The molecule has 0 aromatic heterocycles. The fourth-order valence-corrected chi connectivity index (χ4v) is 3.33. The SMILES string of the molecule is CC1(C)CCCC1NC(=O)[C@@H]1CC[C@H](C(=O)O)C1.